The molecule has 1 aliphatic heterocycles. The molecular weight excluding hydrogens is 407 g/mol. The molecule has 0 unspecified atom stereocenters. The predicted octanol–water partition coefficient (Wildman–Crippen LogP) is 5.93. The summed E-state index contributed by atoms with van der Waals surface area (Å²) in [5.41, 5.74) is 3.54. The third kappa shape index (κ3) is 4.10. The monoisotopic (exact) mass is 426 g/mol. The molecule has 4 rings (SSSR count). The summed E-state index contributed by atoms with van der Waals surface area (Å²) >= 11 is 12.5. The van der Waals surface area contributed by atoms with E-state index in [1.807, 2.05) is 60.7 Å². The van der Waals surface area contributed by atoms with Gasteiger partial charge in [-0.15, -0.1) is 0 Å². The topological polar surface area (TPSA) is 53.8 Å². The molecule has 0 amide bonds. The molecule has 3 aromatic rings. The number of ether oxygens (including phenoxy) is 1. The minimum Gasteiger partial charge on any atom is -0.504 e. The van der Waals surface area contributed by atoms with E-state index in [4.69, 9.17) is 32.9 Å². The second-order valence-electron chi connectivity index (χ2n) is 6.83. The summed E-state index contributed by atoms with van der Waals surface area (Å²) in [6.45, 7) is 0. The highest BCUT2D eigenvalue weighted by Gasteiger charge is 2.29. The maximum Gasteiger partial charge on any atom is 0.162 e. The second kappa shape index (κ2) is 8.46. The fourth-order valence-electron chi connectivity index (χ4n) is 3.56. The molecule has 1 aliphatic rings. The molecule has 1 heterocycles. The maximum absolute atomic E-state index is 10.7. The summed E-state index contributed by atoms with van der Waals surface area (Å²) in [4.78, 5) is 4.93. The number of para-hydroxylation sites is 1. The van der Waals surface area contributed by atoms with Crippen LogP contribution >= 0.6 is 23.2 Å². The van der Waals surface area contributed by atoms with Crippen molar-refractivity contribution in [2.45, 2.75) is 18.6 Å². The van der Waals surface area contributed by atoms with Crippen LogP contribution in [-0.4, -0.2) is 17.9 Å². The molecule has 0 saturated carbocycles. The van der Waals surface area contributed by atoms with E-state index in [1.54, 1.807) is 13.2 Å². The van der Waals surface area contributed by atoms with Crippen molar-refractivity contribution in [3.63, 3.8) is 0 Å². The van der Waals surface area contributed by atoms with Gasteiger partial charge in [0.2, 0.25) is 0 Å². The zero-order chi connectivity index (χ0) is 20.4. The first kappa shape index (κ1) is 19.8. The van der Waals surface area contributed by atoms with Crippen LogP contribution < -0.4 is 10.1 Å². The Balaban J connectivity index is 1.78. The number of rotatable bonds is 4. The molecule has 3 aromatic carbocycles. The number of benzene rings is 3. The molecular formula is C23H20Cl2N2O2. The number of nitrogens with one attached hydrogen (secondary N) is 1. The van der Waals surface area contributed by atoms with Gasteiger partial charge in [0.25, 0.3) is 0 Å². The molecule has 2 atom stereocenters. The van der Waals surface area contributed by atoms with Gasteiger partial charge in [0, 0.05) is 39.3 Å². The van der Waals surface area contributed by atoms with Crippen LogP contribution in [0, 0.1) is 0 Å². The smallest absolute Gasteiger partial charge is 0.162 e. The summed E-state index contributed by atoms with van der Waals surface area (Å²) in [7, 11) is 1.54. The lowest BCUT2D eigenvalue weighted by Gasteiger charge is -2.31. The van der Waals surface area contributed by atoms with Gasteiger partial charge >= 0.3 is 0 Å². The zero-order valence-corrected chi connectivity index (χ0v) is 17.3. The molecule has 0 aliphatic carbocycles. The maximum atomic E-state index is 10.7. The Labute approximate surface area is 179 Å². The summed E-state index contributed by atoms with van der Waals surface area (Å²) in [5.74, 6) is 0.567. The summed E-state index contributed by atoms with van der Waals surface area (Å²) in [6, 6.07) is 20.6. The quantitative estimate of drug-likeness (QED) is 0.543. The predicted molar refractivity (Wildman–Crippen MR) is 117 cm³/mol. The Morgan fingerprint density at radius 1 is 0.966 bits per heavy atom. The Kier molecular flexibility index (Phi) is 5.76. The lowest BCUT2D eigenvalue weighted by Crippen LogP contribution is -2.33. The van der Waals surface area contributed by atoms with E-state index in [1.165, 1.54) is 0 Å². The van der Waals surface area contributed by atoms with Gasteiger partial charge < -0.3 is 9.84 Å². The van der Waals surface area contributed by atoms with E-state index in [-0.39, 0.29) is 18.0 Å². The van der Waals surface area contributed by atoms with Crippen molar-refractivity contribution in [3.05, 3.63) is 93.5 Å². The van der Waals surface area contributed by atoms with Crippen molar-refractivity contribution < 1.29 is 9.84 Å². The molecule has 6 heteroatoms. The molecule has 0 fully saturated rings. The third-order valence-corrected chi connectivity index (χ3v) is 5.64. The zero-order valence-electron chi connectivity index (χ0n) is 15.8. The summed E-state index contributed by atoms with van der Waals surface area (Å²) in [6.07, 6.45) is 0.252. The Bertz CT molecular complexity index is 1050. The first-order valence-corrected chi connectivity index (χ1v) is 10.0. The number of halogens is 2. The van der Waals surface area contributed by atoms with Gasteiger partial charge in [-0.25, -0.2) is 0 Å². The van der Waals surface area contributed by atoms with E-state index in [2.05, 4.69) is 5.32 Å². The van der Waals surface area contributed by atoms with Crippen LogP contribution in [0.5, 0.6) is 11.5 Å². The highest BCUT2D eigenvalue weighted by Crippen LogP contribution is 2.39. The largest absolute Gasteiger partial charge is 0.504 e. The number of phenols is 1. The molecule has 0 saturated heterocycles. The Morgan fingerprint density at radius 3 is 2.41 bits per heavy atom. The molecule has 0 aromatic heterocycles. The molecule has 0 bridgehead atoms. The standard InChI is InChI=1S/C23H20Cl2N2O2/c1-29-21-8-4-6-17(22(21)28)20-13-19(14-9-11-15(24)12-10-14)26-23(27-20)16-5-2-3-7-18(16)25/h2-12,20,23,27-28H,13H2,1H3/t20-,23+/m0/s1. The van der Waals surface area contributed by atoms with Crippen LogP contribution in [0.1, 0.15) is 35.3 Å². The SMILES string of the molecule is COc1cccc([C@@H]2CC(c3ccc(Cl)cc3)=N[C@@H](c3ccccc3Cl)N2)c1O. The second-order valence-corrected chi connectivity index (χ2v) is 7.67. The Morgan fingerprint density at radius 2 is 1.69 bits per heavy atom. The molecule has 0 spiro atoms. The normalized spacial score (nSPS) is 18.9. The van der Waals surface area contributed by atoms with E-state index in [0.29, 0.717) is 22.2 Å². The number of aliphatic imine (C=N–C) groups is 1. The van der Waals surface area contributed by atoms with Gasteiger partial charge in [0.15, 0.2) is 11.5 Å². The molecule has 2 N–H and O–H groups in total. The van der Waals surface area contributed by atoms with Gasteiger partial charge in [0.05, 0.1) is 7.11 Å². The van der Waals surface area contributed by atoms with E-state index in [0.717, 1.165) is 22.4 Å². The molecule has 0 radical (unpaired) electrons. The van der Waals surface area contributed by atoms with Crippen molar-refractivity contribution >= 4 is 28.9 Å². The third-order valence-electron chi connectivity index (χ3n) is 5.04. The number of nitrogens with zero attached hydrogens (tertiary/aromatic N) is 1. The molecule has 4 nitrogen and oxygen atoms in total. The van der Waals surface area contributed by atoms with Gasteiger partial charge in [-0.05, 0) is 29.8 Å². The molecule has 148 valence electrons. The number of phenolic OH excluding ortho intramolecular Hbond substituents is 1. The van der Waals surface area contributed by atoms with Crippen LogP contribution in [0.25, 0.3) is 0 Å². The van der Waals surface area contributed by atoms with Gasteiger partial charge in [-0.1, -0.05) is 65.7 Å². The van der Waals surface area contributed by atoms with Crippen LogP contribution in [0.2, 0.25) is 10.0 Å². The number of hydrogen-bond acceptors (Lipinski definition) is 4. The van der Waals surface area contributed by atoms with Crippen LogP contribution in [0.4, 0.5) is 0 Å². The minimum atomic E-state index is -0.348. The minimum absolute atomic E-state index is 0.128. The number of hydrogen-bond donors (Lipinski definition) is 2. The van der Waals surface area contributed by atoms with E-state index in [9.17, 15) is 5.11 Å². The number of methoxy groups -OCH3 is 1. The lowest BCUT2D eigenvalue weighted by atomic mass is 9.93. The fourth-order valence-corrected chi connectivity index (χ4v) is 3.93. The van der Waals surface area contributed by atoms with E-state index < -0.39 is 0 Å². The summed E-state index contributed by atoms with van der Waals surface area (Å²) < 4.78 is 5.29. The van der Waals surface area contributed by atoms with Crippen LogP contribution in [-0.2, 0) is 0 Å². The van der Waals surface area contributed by atoms with E-state index >= 15 is 0 Å². The van der Waals surface area contributed by atoms with Gasteiger partial charge in [-0.2, -0.15) is 0 Å². The van der Waals surface area contributed by atoms with Gasteiger partial charge in [-0.3, -0.25) is 10.3 Å². The van der Waals surface area contributed by atoms with Crippen molar-refractivity contribution in [1.82, 2.24) is 5.32 Å². The number of aromatic hydroxyl groups is 1. The Hall–Kier alpha value is -2.53. The highest BCUT2D eigenvalue weighted by molar-refractivity contribution is 6.31. The first-order valence-electron chi connectivity index (χ1n) is 9.25. The molecule has 29 heavy (non-hydrogen) atoms. The van der Waals surface area contributed by atoms with Crippen LogP contribution in [0.3, 0.4) is 0 Å². The average Bonchev–Trinajstić information content (AvgIpc) is 2.74. The first-order chi connectivity index (χ1) is 14.1. The van der Waals surface area contributed by atoms with Crippen molar-refractivity contribution in [2.75, 3.05) is 7.11 Å². The van der Waals surface area contributed by atoms with Crippen LogP contribution in [0.15, 0.2) is 71.7 Å². The highest BCUT2D eigenvalue weighted by atomic mass is 35.5. The fraction of sp³-hybridized carbons (Fsp3) is 0.174. The van der Waals surface area contributed by atoms with Crippen molar-refractivity contribution in [1.29, 1.82) is 0 Å². The van der Waals surface area contributed by atoms with Crippen molar-refractivity contribution in [3.8, 4) is 11.5 Å². The lowest BCUT2D eigenvalue weighted by molar-refractivity contribution is 0.360. The van der Waals surface area contributed by atoms with Crippen molar-refractivity contribution in [2.24, 2.45) is 4.99 Å². The summed E-state index contributed by atoms with van der Waals surface area (Å²) in [5, 5.41) is 15.5. The average molecular weight is 427 g/mol. The van der Waals surface area contributed by atoms with Gasteiger partial charge in [0.1, 0.15) is 6.17 Å².